The van der Waals surface area contributed by atoms with E-state index in [4.69, 9.17) is 4.98 Å². The molecule has 2 nitrogen and oxygen atoms in total. The number of hydrogen-bond donors (Lipinski definition) is 0. The number of likely N-dealkylation sites (tertiary alicyclic amines) is 1. The Labute approximate surface area is 177 Å². The predicted octanol–water partition coefficient (Wildman–Crippen LogP) is 6.33. The van der Waals surface area contributed by atoms with E-state index in [0.717, 1.165) is 0 Å². The lowest BCUT2D eigenvalue weighted by Gasteiger charge is -2.44. The highest BCUT2D eigenvalue weighted by atomic mass is 15.1. The third-order valence-electron chi connectivity index (χ3n) is 7.39. The standard InChI is InChI=1S/C27H36N2/c1-18(2)23-17-21-8-7-13-28-26(21)27(6,25-10-9-20(5)16-24(23)25)22-11-14-29(15-12-22)19(3)4/h7-10,13,16-19,22H,11-12,14-15H2,1-6H3/t27-/m1/s1. The summed E-state index contributed by atoms with van der Waals surface area (Å²) in [7, 11) is 0. The maximum Gasteiger partial charge on any atom is 0.0581 e. The van der Waals surface area contributed by atoms with Crippen LogP contribution in [0.2, 0.25) is 0 Å². The molecule has 2 aromatic rings. The normalized spacial score (nSPS) is 23.0. The number of benzene rings is 1. The monoisotopic (exact) mass is 388 g/mol. The van der Waals surface area contributed by atoms with Crippen molar-refractivity contribution < 1.29 is 0 Å². The van der Waals surface area contributed by atoms with Gasteiger partial charge >= 0.3 is 0 Å². The van der Waals surface area contributed by atoms with Crippen molar-refractivity contribution in [3.05, 3.63) is 64.5 Å². The topological polar surface area (TPSA) is 16.1 Å². The molecule has 1 aromatic heterocycles. The second-order valence-corrected chi connectivity index (χ2v) is 9.85. The van der Waals surface area contributed by atoms with Crippen molar-refractivity contribution in [3.8, 4) is 0 Å². The van der Waals surface area contributed by atoms with Gasteiger partial charge in [-0.25, -0.2) is 0 Å². The zero-order valence-electron chi connectivity index (χ0n) is 19.0. The fourth-order valence-electron chi connectivity index (χ4n) is 5.57. The van der Waals surface area contributed by atoms with E-state index in [1.807, 2.05) is 6.20 Å². The lowest BCUT2D eigenvalue weighted by atomic mass is 9.64. The Morgan fingerprint density at radius 2 is 1.79 bits per heavy atom. The van der Waals surface area contributed by atoms with E-state index in [9.17, 15) is 0 Å². The van der Waals surface area contributed by atoms with Crippen molar-refractivity contribution in [2.45, 2.75) is 65.8 Å². The van der Waals surface area contributed by atoms with Crippen LogP contribution in [0, 0.1) is 18.8 Å². The van der Waals surface area contributed by atoms with Crippen LogP contribution in [0.5, 0.6) is 0 Å². The molecule has 1 aliphatic heterocycles. The summed E-state index contributed by atoms with van der Waals surface area (Å²) in [6.07, 6.45) is 6.87. The fraction of sp³-hybridized carbons (Fsp3) is 0.519. The van der Waals surface area contributed by atoms with E-state index in [2.05, 4.69) is 82.9 Å². The zero-order chi connectivity index (χ0) is 20.8. The minimum atomic E-state index is -0.0597. The van der Waals surface area contributed by atoms with Crippen LogP contribution in [0.25, 0.3) is 11.6 Å². The number of hydrogen-bond acceptors (Lipinski definition) is 2. The molecule has 1 aromatic carbocycles. The third-order valence-corrected chi connectivity index (χ3v) is 7.39. The van der Waals surface area contributed by atoms with Crippen LogP contribution in [0.1, 0.15) is 75.4 Å². The molecule has 154 valence electrons. The molecular weight excluding hydrogens is 352 g/mol. The molecule has 1 saturated heterocycles. The molecule has 29 heavy (non-hydrogen) atoms. The van der Waals surface area contributed by atoms with E-state index < -0.39 is 0 Å². The van der Waals surface area contributed by atoms with Gasteiger partial charge in [-0.3, -0.25) is 4.98 Å². The Balaban J connectivity index is 1.90. The number of fused-ring (bicyclic) bond motifs is 2. The molecule has 2 heterocycles. The number of rotatable bonds is 3. The lowest BCUT2D eigenvalue weighted by molar-refractivity contribution is 0.121. The summed E-state index contributed by atoms with van der Waals surface area (Å²) in [6.45, 7) is 16.3. The second kappa shape index (κ2) is 7.72. The molecule has 1 aliphatic carbocycles. The van der Waals surface area contributed by atoms with E-state index in [-0.39, 0.29) is 5.41 Å². The molecule has 0 saturated carbocycles. The van der Waals surface area contributed by atoms with Gasteiger partial charge in [0.05, 0.1) is 5.69 Å². The van der Waals surface area contributed by atoms with Crippen LogP contribution < -0.4 is 0 Å². The summed E-state index contributed by atoms with van der Waals surface area (Å²) in [4.78, 5) is 7.65. The molecule has 0 bridgehead atoms. The van der Waals surface area contributed by atoms with E-state index >= 15 is 0 Å². The number of aromatic nitrogens is 1. The van der Waals surface area contributed by atoms with Crippen molar-refractivity contribution in [2.75, 3.05) is 13.1 Å². The Hall–Kier alpha value is -1.93. The second-order valence-electron chi connectivity index (χ2n) is 9.85. The first-order chi connectivity index (χ1) is 13.8. The Morgan fingerprint density at radius 3 is 2.45 bits per heavy atom. The fourth-order valence-corrected chi connectivity index (χ4v) is 5.57. The zero-order valence-corrected chi connectivity index (χ0v) is 19.0. The largest absolute Gasteiger partial charge is 0.301 e. The maximum absolute atomic E-state index is 5.02. The smallest absolute Gasteiger partial charge is 0.0581 e. The van der Waals surface area contributed by atoms with Crippen LogP contribution in [0.3, 0.4) is 0 Å². The third kappa shape index (κ3) is 3.46. The van der Waals surface area contributed by atoms with Gasteiger partial charge in [-0.1, -0.05) is 43.7 Å². The molecule has 0 N–H and O–H groups in total. The number of piperidine rings is 1. The maximum atomic E-state index is 5.02. The summed E-state index contributed by atoms with van der Waals surface area (Å²) >= 11 is 0. The summed E-state index contributed by atoms with van der Waals surface area (Å²) in [5, 5.41) is 0. The van der Waals surface area contributed by atoms with Crippen LogP contribution >= 0.6 is 0 Å². The van der Waals surface area contributed by atoms with Crippen molar-refractivity contribution in [3.63, 3.8) is 0 Å². The molecular formula is C27H36N2. The SMILES string of the molecule is Cc1ccc2c(c1)C(C(C)C)=Cc1cccnc1[C@]2(C)C1CCN(C(C)C)CC1. The quantitative estimate of drug-likeness (QED) is 0.611. The van der Waals surface area contributed by atoms with Gasteiger partial charge in [0, 0.05) is 17.7 Å². The number of pyridine rings is 1. The molecule has 0 unspecified atom stereocenters. The van der Waals surface area contributed by atoms with Crippen molar-refractivity contribution >= 4 is 11.6 Å². The highest BCUT2D eigenvalue weighted by molar-refractivity contribution is 5.87. The van der Waals surface area contributed by atoms with Gasteiger partial charge in [0.1, 0.15) is 0 Å². The van der Waals surface area contributed by atoms with Crippen LogP contribution in [0.15, 0.2) is 36.5 Å². The highest BCUT2D eigenvalue weighted by Gasteiger charge is 2.44. The van der Waals surface area contributed by atoms with Crippen molar-refractivity contribution in [1.29, 1.82) is 0 Å². The van der Waals surface area contributed by atoms with E-state index in [1.54, 1.807) is 0 Å². The summed E-state index contributed by atoms with van der Waals surface area (Å²) in [5.41, 5.74) is 8.21. The average Bonchev–Trinajstić information content (AvgIpc) is 2.82. The predicted molar refractivity (Wildman–Crippen MR) is 124 cm³/mol. The molecule has 4 rings (SSSR count). The Bertz CT molecular complexity index is 916. The van der Waals surface area contributed by atoms with Gasteiger partial charge in [-0.15, -0.1) is 0 Å². The average molecular weight is 389 g/mol. The number of aryl methyl sites for hydroxylation is 1. The first-order valence-electron chi connectivity index (χ1n) is 11.3. The molecule has 1 atom stereocenters. The Morgan fingerprint density at radius 1 is 1.07 bits per heavy atom. The van der Waals surface area contributed by atoms with Gasteiger partial charge in [0.15, 0.2) is 0 Å². The molecule has 0 spiro atoms. The van der Waals surface area contributed by atoms with Crippen LogP contribution in [-0.2, 0) is 5.41 Å². The van der Waals surface area contributed by atoms with Crippen molar-refractivity contribution in [2.24, 2.45) is 11.8 Å². The molecule has 0 amide bonds. The van der Waals surface area contributed by atoms with Gasteiger partial charge < -0.3 is 4.90 Å². The molecule has 1 fully saturated rings. The van der Waals surface area contributed by atoms with Gasteiger partial charge in [-0.05, 0) is 99.9 Å². The molecule has 0 radical (unpaired) electrons. The highest BCUT2D eigenvalue weighted by Crippen LogP contribution is 2.50. The van der Waals surface area contributed by atoms with Gasteiger partial charge in [-0.2, -0.15) is 0 Å². The number of nitrogens with zero attached hydrogens (tertiary/aromatic N) is 2. The van der Waals surface area contributed by atoms with Crippen LogP contribution in [0.4, 0.5) is 0 Å². The summed E-state index contributed by atoms with van der Waals surface area (Å²) in [6, 6.07) is 12.1. The van der Waals surface area contributed by atoms with Gasteiger partial charge in [0.2, 0.25) is 0 Å². The minimum absolute atomic E-state index is 0.0597. The molecule has 2 aliphatic rings. The molecule has 2 heteroatoms. The lowest BCUT2D eigenvalue weighted by Crippen LogP contribution is -2.45. The van der Waals surface area contributed by atoms with Crippen LogP contribution in [-0.4, -0.2) is 29.0 Å². The minimum Gasteiger partial charge on any atom is -0.301 e. The first-order valence-corrected chi connectivity index (χ1v) is 11.3. The summed E-state index contributed by atoms with van der Waals surface area (Å²) in [5.74, 6) is 1.08. The van der Waals surface area contributed by atoms with E-state index in [0.29, 0.717) is 17.9 Å². The first kappa shape index (κ1) is 20.3. The van der Waals surface area contributed by atoms with E-state index in [1.165, 1.54) is 59.5 Å². The Kier molecular flexibility index (Phi) is 5.42. The van der Waals surface area contributed by atoms with Crippen molar-refractivity contribution in [1.82, 2.24) is 9.88 Å². The van der Waals surface area contributed by atoms with Gasteiger partial charge in [0.25, 0.3) is 0 Å². The summed E-state index contributed by atoms with van der Waals surface area (Å²) < 4.78 is 0. The number of allylic oxidation sites excluding steroid dienone is 1.